The first-order valence-corrected chi connectivity index (χ1v) is 7.96. The van der Waals surface area contributed by atoms with Crippen LogP contribution in [0.3, 0.4) is 0 Å². The third-order valence-corrected chi connectivity index (χ3v) is 3.98. The van der Waals surface area contributed by atoms with Gasteiger partial charge in [0.2, 0.25) is 0 Å². The van der Waals surface area contributed by atoms with Crippen molar-refractivity contribution in [3.63, 3.8) is 0 Å². The first-order valence-electron chi connectivity index (χ1n) is 7.96. The first kappa shape index (κ1) is 17.4. The maximum absolute atomic E-state index is 12.2. The summed E-state index contributed by atoms with van der Waals surface area (Å²) in [6, 6.07) is 7.19. The average Bonchev–Trinajstić information content (AvgIpc) is 2.96. The molecule has 0 bridgehead atoms. The molecule has 126 valence electrons. The maximum atomic E-state index is 12.2. The summed E-state index contributed by atoms with van der Waals surface area (Å²) in [4.78, 5) is 23.6. The van der Waals surface area contributed by atoms with E-state index in [0.717, 1.165) is 6.42 Å². The average molecular weight is 319 g/mol. The lowest BCUT2D eigenvalue weighted by molar-refractivity contribution is -0.128. The van der Waals surface area contributed by atoms with Crippen LogP contribution >= 0.6 is 0 Å². The molecular weight excluding hydrogens is 294 g/mol. The molecule has 23 heavy (non-hydrogen) atoms. The highest BCUT2D eigenvalue weighted by Crippen LogP contribution is 2.16. The van der Waals surface area contributed by atoms with Gasteiger partial charge in [-0.05, 0) is 38.3 Å². The normalized spacial score (nSPS) is 22.0. The third-order valence-electron chi connectivity index (χ3n) is 3.98. The fourth-order valence-corrected chi connectivity index (χ4v) is 2.45. The number of Topliss-reactive ketones (excluding diaryl/α,β-unsaturated/α-hetero) is 1. The summed E-state index contributed by atoms with van der Waals surface area (Å²) in [5, 5.41) is 2.92. The molecule has 0 aliphatic carbocycles. The molecule has 0 aromatic heterocycles. The van der Waals surface area contributed by atoms with Crippen LogP contribution in [0.4, 0.5) is 0 Å². The van der Waals surface area contributed by atoms with Gasteiger partial charge in [-0.25, -0.2) is 5.43 Å². The molecule has 3 unspecified atom stereocenters. The Labute approximate surface area is 136 Å². The summed E-state index contributed by atoms with van der Waals surface area (Å²) >= 11 is 0. The monoisotopic (exact) mass is 319 g/mol. The number of ketones is 1. The van der Waals surface area contributed by atoms with Crippen LogP contribution in [0.15, 0.2) is 24.3 Å². The van der Waals surface area contributed by atoms with Crippen LogP contribution in [0.5, 0.6) is 5.75 Å². The second-order valence-corrected chi connectivity index (χ2v) is 6.28. The third kappa shape index (κ3) is 4.77. The summed E-state index contributed by atoms with van der Waals surface area (Å²) in [7, 11) is 0. The van der Waals surface area contributed by atoms with Crippen molar-refractivity contribution in [2.24, 2.45) is 5.92 Å². The molecule has 2 rings (SSSR count). The van der Waals surface area contributed by atoms with E-state index in [1.165, 1.54) is 6.92 Å². The van der Waals surface area contributed by atoms with Crippen molar-refractivity contribution in [1.29, 1.82) is 0 Å². The Hall–Kier alpha value is -1.92. The number of nitrogens with one attached hydrogen (secondary N) is 3. The van der Waals surface area contributed by atoms with Crippen molar-refractivity contribution in [2.75, 3.05) is 0 Å². The summed E-state index contributed by atoms with van der Waals surface area (Å²) in [5.74, 6) is 0.778. The van der Waals surface area contributed by atoms with Crippen LogP contribution in [0.1, 0.15) is 44.5 Å². The molecule has 1 aromatic carbocycles. The zero-order valence-corrected chi connectivity index (χ0v) is 14.1. The number of benzene rings is 1. The van der Waals surface area contributed by atoms with E-state index in [1.54, 1.807) is 31.2 Å². The molecule has 1 heterocycles. The summed E-state index contributed by atoms with van der Waals surface area (Å²) in [6.45, 7) is 7.46. The van der Waals surface area contributed by atoms with Gasteiger partial charge < -0.3 is 10.1 Å². The fourth-order valence-electron chi connectivity index (χ4n) is 2.45. The van der Waals surface area contributed by atoms with Crippen molar-refractivity contribution in [3.8, 4) is 5.75 Å². The number of carbonyl (C=O) groups is 2. The molecule has 1 aliphatic heterocycles. The zero-order chi connectivity index (χ0) is 17.0. The molecule has 0 saturated carbocycles. The standard InChI is InChI=1S/C17H25N3O3/c1-10(2)15-9-16(20-19-15)18-17(22)12(4)23-14-7-5-6-13(8-14)11(3)21/h5-8,10,12,15-16,19-20H,9H2,1-4H3,(H,18,22). The minimum atomic E-state index is -0.642. The molecule has 6 heteroatoms. The van der Waals surface area contributed by atoms with Crippen molar-refractivity contribution in [2.45, 2.75) is 52.4 Å². The number of hydrogen-bond donors (Lipinski definition) is 3. The van der Waals surface area contributed by atoms with Crippen molar-refractivity contribution in [1.82, 2.24) is 16.2 Å². The minimum absolute atomic E-state index is 0.0338. The van der Waals surface area contributed by atoms with Gasteiger partial charge in [0.15, 0.2) is 11.9 Å². The summed E-state index contributed by atoms with van der Waals surface area (Å²) < 4.78 is 5.64. The topological polar surface area (TPSA) is 79.5 Å². The molecule has 1 amide bonds. The number of ether oxygens (including phenoxy) is 1. The Bertz CT molecular complexity index is 574. The Balaban J connectivity index is 1.88. The SMILES string of the molecule is CC(=O)c1cccc(OC(C)C(=O)NC2CC(C(C)C)NN2)c1. The van der Waals surface area contributed by atoms with E-state index in [1.807, 2.05) is 0 Å². The van der Waals surface area contributed by atoms with Gasteiger partial charge in [0, 0.05) is 11.6 Å². The van der Waals surface area contributed by atoms with Crippen LogP contribution < -0.4 is 20.9 Å². The van der Waals surface area contributed by atoms with Gasteiger partial charge in [-0.1, -0.05) is 26.0 Å². The number of rotatable bonds is 6. The van der Waals surface area contributed by atoms with Crippen LogP contribution in [-0.4, -0.2) is 30.0 Å². The Morgan fingerprint density at radius 1 is 1.26 bits per heavy atom. The molecule has 1 aliphatic rings. The highest BCUT2D eigenvalue weighted by atomic mass is 16.5. The van der Waals surface area contributed by atoms with Gasteiger partial charge in [-0.3, -0.25) is 15.0 Å². The largest absolute Gasteiger partial charge is 0.481 e. The minimum Gasteiger partial charge on any atom is -0.481 e. The molecule has 1 saturated heterocycles. The molecule has 0 spiro atoms. The Kier molecular flexibility index (Phi) is 5.74. The molecule has 0 radical (unpaired) electrons. The van der Waals surface area contributed by atoms with Crippen molar-refractivity contribution < 1.29 is 14.3 Å². The number of carbonyl (C=O) groups excluding carboxylic acids is 2. The smallest absolute Gasteiger partial charge is 0.262 e. The predicted octanol–water partition coefficient (Wildman–Crippen LogP) is 1.62. The molecule has 1 aromatic rings. The van der Waals surface area contributed by atoms with E-state index in [2.05, 4.69) is 30.0 Å². The first-order chi connectivity index (χ1) is 10.9. The highest BCUT2D eigenvalue weighted by molar-refractivity contribution is 5.94. The molecule has 3 atom stereocenters. The number of amides is 1. The van der Waals surface area contributed by atoms with Gasteiger partial charge >= 0.3 is 0 Å². The van der Waals surface area contributed by atoms with Crippen LogP contribution in [0.2, 0.25) is 0 Å². The van der Waals surface area contributed by atoms with E-state index >= 15 is 0 Å². The molecule has 1 fully saturated rings. The second kappa shape index (κ2) is 7.57. The van der Waals surface area contributed by atoms with Crippen LogP contribution in [0.25, 0.3) is 0 Å². The highest BCUT2D eigenvalue weighted by Gasteiger charge is 2.28. The van der Waals surface area contributed by atoms with E-state index in [0.29, 0.717) is 23.3 Å². The Morgan fingerprint density at radius 2 is 2.00 bits per heavy atom. The maximum Gasteiger partial charge on any atom is 0.262 e. The molecule has 3 N–H and O–H groups in total. The fraction of sp³-hybridized carbons (Fsp3) is 0.529. The summed E-state index contributed by atoms with van der Waals surface area (Å²) in [6.07, 6.45) is 0.0808. The summed E-state index contributed by atoms with van der Waals surface area (Å²) in [5.41, 5.74) is 6.82. The lowest BCUT2D eigenvalue weighted by Gasteiger charge is -2.18. The number of hydrazine groups is 1. The second-order valence-electron chi connectivity index (χ2n) is 6.28. The Morgan fingerprint density at radius 3 is 2.61 bits per heavy atom. The zero-order valence-electron chi connectivity index (χ0n) is 14.1. The predicted molar refractivity (Wildman–Crippen MR) is 88.0 cm³/mol. The van der Waals surface area contributed by atoms with E-state index in [9.17, 15) is 9.59 Å². The van der Waals surface area contributed by atoms with Gasteiger partial charge in [0.25, 0.3) is 5.91 Å². The van der Waals surface area contributed by atoms with E-state index < -0.39 is 6.10 Å². The lowest BCUT2D eigenvalue weighted by Crippen LogP contribution is -2.48. The van der Waals surface area contributed by atoms with Gasteiger partial charge in [-0.15, -0.1) is 0 Å². The van der Waals surface area contributed by atoms with Crippen LogP contribution in [-0.2, 0) is 4.79 Å². The molecule has 6 nitrogen and oxygen atoms in total. The van der Waals surface area contributed by atoms with Crippen LogP contribution in [0, 0.1) is 5.92 Å². The number of hydrogen-bond acceptors (Lipinski definition) is 5. The lowest BCUT2D eigenvalue weighted by atomic mass is 10.0. The molecular formula is C17H25N3O3. The van der Waals surface area contributed by atoms with Gasteiger partial charge in [-0.2, -0.15) is 0 Å². The quantitative estimate of drug-likeness (QED) is 0.695. The van der Waals surface area contributed by atoms with Crippen molar-refractivity contribution >= 4 is 11.7 Å². The van der Waals surface area contributed by atoms with E-state index in [-0.39, 0.29) is 17.9 Å². The van der Waals surface area contributed by atoms with E-state index in [4.69, 9.17) is 4.74 Å². The van der Waals surface area contributed by atoms with Gasteiger partial charge in [0.1, 0.15) is 5.75 Å². The van der Waals surface area contributed by atoms with Gasteiger partial charge in [0.05, 0.1) is 6.17 Å². The van der Waals surface area contributed by atoms with Crippen molar-refractivity contribution in [3.05, 3.63) is 29.8 Å².